The molecule has 1 aromatic heterocycles. The third-order valence-electron chi connectivity index (χ3n) is 2.10. The number of nitrogens with one attached hydrogen (secondary N) is 1. The number of hydrogen-bond donors (Lipinski definition) is 1. The molecule has 0 atom stereocenters. The predicted molar refractivity (Wildman–Crippen MR) is 67.0 cm³/mol. The summed E-state index contributed by atoms with van der Waals surface area (Å²) in [6.45, 7) is 1.87. The second-order valence-corrected chi connectivity index (χ2v) is 4.54. The van der Waals surface area contributed by atoms with Gasteiger partial charge in [0.25, 0.3) is 0 Å². The minimum atomic E-state index is 0.0411. The van der Waals surface area contributed by atoms with Gasteiger partial charge in [-0.05, 0) is 41.6 Å². The molecule has 2 nitrogen and oxygen atoms in total. The number of aromatic nitrogens is 1. The van der Waals surface area contributed by atoms with Crippen LogP contribution in [0.25, 0.3) is 10.9 Å². The number of aromatic amines is 1. The standard InChI is InChI=1S/C10H7ClINO/c1-5-8(12)10(14)6-3-2-4-7(11)9(6)13-5/h2-4H,1H3,(H,13,14). The molecular weight excluding hydrogens is 312 g/mol. The Morgan fingerprint density at radius 3 is 2.86 bits per heavy atom. The fourth-order valence-corrected chi connectivity index (χ4v) is 2.02. The van der Waals surface area contributed by atoms with Crippen LogP contribution in [-0.2, 0) is 0 Å². The average molecular weight is 320 g/mol. The highest BCUT2D eigenvalue weighted by molar-refractivity contribution is 14.1. The van der Waals surface area contributed by atoms with Gasteiger partial charge in [0.15, 0.2) is 0 Å². The molecule has 2 rings (SSSR count). The maximum atomic E-state index is 11.8. The molecule has 0 aliphatic heterocycles. The van der Waals surface area contributed by atoms with Crippen LogP contribution in [0.4, 0.5) is 0 Å². The van der Waals surface area contributed by atoms with E-state index in [4.69, 9.17) is 11.6 Å². The van der Waals surface area contributed by atoms with Crippen LogP contribution in [0, 0.1) is 10.5 Å². The van der Waals surface area contributed by atoms with E-state index in [1.54, 1.807) is 18.2 Å². The second kappa shape index (κ2) is 3.55. The molecular formula is C10H7ClINO. The lowest BCUT2D eigenvalue weighted by atomic mass is 10.2. The minimum Gasteiger partial charge on any atom is -0.356 e. The Bertz CT molecular complexity index is 562. The summed E-state index contributed by atoms with van der Waals surface area (Å²) < 4.78 is 0.720. The highest BCUT2D eigenvalue weighted by Gasteiger charge is 2.07. The molecule has 1 aromatic carbocycles. The van der Waals surface area contributed by atoms with Crippen molar-refractivity contribution in [1.29, 1.82) is 0 Å². The van der Waals surface area contributed by atoms with Crippen LogP contribution in [0.3, 0.4) is 0 Å². The molecule has 4 heteroatoms. The molecule has 0 radical (unpaired) electrons. The largest absolute Gasteiger partial charge is 0.356 e. The van der Waals surface area contributed by atoms with Crippen molar-refractivity contribution in [1.82, 2.24) is 4.98 Å². The van der Waals surface area contributed by atoms with E-state index >= 15 is 0 Å². The topological polar surface area (TPSA) is 32.9 Å². The van der Waals surface area contributed by atoms with Crippen LogP contribution < -0.4 is 5.43 Å². The number of rotatable bonds is 0. The molecule has 0 aliphatic carbocycles. The maximum absolute atomic E-state index is 11.8. The van der Waals surface area contributed by atoms with Crippen molar-refractivity contribution in [2.45, 2.75) is 6.92 Å². The zero-order valence-corrected chi connectivity index (χ0v) is 10.3. The number of halogens is 2. The van der Waals surface area contributed by atoms with Gasteiger partial charge in [-0.15, -0.1) is 0 Å². The van der Waals surface area contributed by atoms with Crippen LogP contribution in [0.2, 0.25) is 5.02 Å². The van der Waals surface area contributed by atoms with Crippen LogP contribution in [-0.4, -0.2) is 4.98 Å². The van der Waals surface area contributed by atoms with Crippen molar-refractivity contribution in [3.63, 3.8) is 0 Å². The van der Waals surface area contributed by atoms with Gasteiger partial charge in [0.05, 0.1) is 14.1 Å². The van der Waals surface area contributed by atoms with Gasteiger partial charge in [-0.1, -0.05) is 17.7 Å². The normalized spacial score (nSPS) is 10.8. The average Bonchev–Trinajstić information content (AvgIpc) is 2.17. The SMILES string of the molecule is Cc1[nH]c2c(Cl)cccc2c(=O)c1I. The molecule has 0 unspecified atom stereocenters. The van der Waals surface area contributed by atoms with E-state index in [9.17, 15) is 4.79 Å². The van der Waals surface area contributed by atoms with Gasteiger partial charge in [0.2, 0.25) is 5.43 Å². The van der Waals surface area contributed by atoms with E-state index in [1.807, 2.05) is 29.5 Å². The number of benzene rings is 1. The van der Waals surface area contributed by atoms with E-state index in [1.165, 1.54) is 0 Å². The first-order valence-electron chi connectivity index (χ1n) is 4.08. The van der Waals surface area contributed by atoms with Crippen LogP contribution in [0.1, 0.15) is 5.69 Å². The number of hydrogen-bond acceptors (Lipinski definition) is 1. The van der Waals surface area contributed by atoms with Crippen molar-refractivity contribution in [2.24, 2.45) is 0 Å². The monoisotopic (exact) mass is 319 g/mol. The first kappa shape index (κ1) is 9.98. The van der Waals surface area contributed by atoms with Gasteiger partial charge in [0.1, 0.15) is 0 Å². The minimum absolute atomic E-state index is 0.0411. The smallest absolute Gasteiger partial charge is 0.203 e. The third kappa shape index (κ3) is 1.44. The molecule has 1 N–H and O–H groups in total. The lowest BCUT2D eigenvalue weighted by Gasteiger charge is -2.03. The zero-order chi connectivity index (χ0) is 10.3. The van der Waals surface area contributed by atoms with E-state index in [2.05, 4.69) is 4.98 Å². The second-order valence-electron chi connectivity index (χ2n) is 3.06. The third-order valence-corrected chi connectivity index (χ3v) is 3.71. The lowest BCUT2D eigenvalue weighted by molar-refractivity contribution is 1.21. The summed E-state index contributed by atoms with van der Waals surface area (Å²) in [6, 6.07) is 5.33. The number of fused-ring (bicyclic) bond motifs is 1. The van der Waals surface area contributed by atoms with Crippen molar-refractivity contribution in [3.8, 4) is 0 Å². The number of para-hydroxylation sites is 1. The number of pyridine rings is 1. The first-order valence-corrected chi connectivity index (χ1v) is 5.53. The molecule has 0 fully saturated rings. The van der Waals surface area contributed by atoms with Crippen LogP contribution in [0.5, 0.6) is 0 Å². The summed E-state index contributed by atoms with van der Waals surface area (Å²) in [5, 5.41) is 1.23. The van der Waals surface area contributed by atoms with Gasteiger partial charge < -0.3 is 4.98 Å². The van der Waals surface area contributed by atoms with Gasteiger partial charge in [-0.25, -0.2) is 0 Å². The molecule has 0 saturated carbocycles. The first-order chi connectivity index (χ1) is 6.61. The summed E-state index contributed by atoms with van der Waals surface area (Å²) in [5.74, 6) is 0. The van der Waals surface area contributed by atoms with E-state index < -0.39 is 0 Å². The number of aryl methyl sites for hydroxylation is 1. The van der Waals surface area contributed by atoms with Crippen molar-refractivity contribution >= 4 is 45.1 Å². The molecule has 14 heavy (non-hydrogen) atoms. The van der Waals surface area contributed by atoms with Crippen molar-refractivity contribution in [3.05, 3.63) is 42.7 Å². The van der Waals surface area contributed by atoms with Crippen molar-refractivity contribution < 1.29 is 0 Å². The van der Waals surface area contributed by atoms with Crippen LogP contribution >= 0.6 is 34.2 Å². The summed E-state index contributed by atoms with van der Waals surface area (Å²) in [4.78, 5) is 14.9. The van der Waals surface area contributed by atoms with Crippen molar-refractivity contribution in [2.75, 3.05) is 0 Å². The Kier molecular flexibility index (Phi) is 2.53. The predicted octanol–water partition coefficient (Wildman–Crippen LogP) is 3.09. The zero-order valence-electron chi connectivity index (χ0n) is 7.40. The Morgan fingerprint density at radius 1 is 1.43 bits per heavy atom. The maximum Gasteiger partial charge on any atom is 0.203 e. The Balaban J connectivity index is 3.06. The quantitative estimate of drug-likeness (QED) is 0.744. The Morgan fingerprint density at radius 2 is 2.14 bits per heavy atom. The van der Waals surface area contributed by atoms with E-state index in [-0.39, 0.29) is 5.43 Å². The van der Waals surface area contributed by atoms with Crippen LogP contribution in [0.15, 0.2) is 23.0 Å². The molecule has 0 amide bonds. The Labute approximate surface area is 99.4 Å². The summed E-state index contributed by atoms with van der Waals surface area (Å²) in [6.07, 6.45) is 0. The Hall–Kier alpha value is -0.550. The lowest BCUT2D eigenvalue weighted by Crippen LogP contribution is -2.09. The summed E-state index contributed by atoms with van der Waals surface area (Å²) in [5.41, 5.74) is 1.62. The highest BCUT2D eigenvalue weighted by atomic mass is 127. The summed E-state index contributed by atoms with van der Waals surface area (Å²) in [7, 11) is 0. The fraction of sp³-hybridized carbons (Fsp3) is 0.100. The molecule has 0 bridgehead atoms. The van der Waals surface area contributed by atoms with Gasteiger partial charge in [-0.3, -0.25) is 4.79 Å². The van der Waals surface area contributed by atoms with Gasteiger partial charge >= 0.3 is 0 Å². The fourth-order valence-electron chi connectivity index (χ4n) is 1.37. The highest BCUT2D eigenvalue weighted by Crippen LogP contribution is 2.20. The van der Waals surface area contributed by atoms with E-state index in [0.717, 1.165) is 14.8 Å². The molecule has 0 spiro atoms. The molecule has 2 aromatic rings. The van der Waals surface area contributed by atoms with E-state index in [0.29, 0.717) is 10.4 Å². The number of H-pyrrole nitrogens is 1. The van der Waals surface area contributed by atoms with Gasteiger partial charge in [0, 0.05) is 11.1 Å². The molecule has 0 aliphatic rings. The molecule has 1 heterocycles. The summed E-state index contributed by atoms with van der Waals surface area (Å²) >= 11 is 8.02. The molecule has 0 saturated heterocycles. The molecule has 72 valence electrons. The van der Waals surface area contributed by atoms with Gasteiger partial charge in [-0.2, -0.15) is 0 Å².